The summed E-state index contributed by atoms with van der Waals surface area (Å²) in [4.78, 5) is 29.2. The van der Waals surface area contributed by atoms with Crippen molar-refractivity contribution in [1.82, 2.24) is 0 Å². The van der Waals surface area contributed by atoms with E-state index in [4.69, 9.17) is 32.7 Å². The molecule has 0 radical (unpaired) electrons. The molecule has 0 unspecified atom stereocenters. The van der Waals surface area contributed by atoms with Crippen molar-refractivity contribution in [2.45, 2.75) is 20.8 Å². The summed E-state index contributed by atoms with van der Waals surface area (Å²) in [7, 11) is 0. The van der Waals surface area contributed by atoms with E-state index in [2.05, 4.69) is 78.2 Å². The second-order valence-electron chi connectivity index (χ2n) is 12.7. The normalized spacial score (nSPS) is 11.3. The Bertz CT molecular complexity index is 2380. The number of ether oxygens (including phenoxy) is 2. The fourth-order valence-corrected chi connectivity index (χ4v) is 7.07. The second kappa shape index (κ2) is 18.5. The monoisotopic (exact) mass is 777 g/mol. The van der Waals surface area contributed by atoms with Gasteiger partial charge < -0.3 is 14.4 Å². The molecule has 0 aliphatic heterocycles. The molecule has 0 aliphatic rings. The van der Waals surface area contributed by atoms with Gasteiger partial charge in [-0.15, -0.1) is 0 Å². The van der Waals surface area contributed by atoms with Crippen LogP contribution >= 0.6 is 23.2 Å². The molecule has 0 heterocycles. The van der Waals surface area contributed by atoms with Crippen molar-refractivity contribution in [1.29, 1.82) is 0 Å². The van der Waals surface area contributed by atoms with Gasteiger partial charge in [-0.1, -0.05) is 121 Å². The van der Waals surface area contributed by atoms with Crippen LogP contribution in [0.4, 0.5) is 17.1 Å². The van der Waals surface area contributed by atoms with Crippen molar-refractivity contribution in [2.75, 3.05) is 18.1 Å². The molecule has 0 bridgehead atoms. The fourth-order valence-electron chi connectivity index (χ4n) is 6.55. The summed E-state index contributed by atoms with van der Waals surface area (Å²) in [5.41, 5.74) is 10.0. The summed E-state index contributed by atoms with van der Waals surface area (Å²) in [5, 5.41) is 0.778. The minimum Gasteiger partial charge on any atom is -0.462 e. The Morgan fingerprint density at radius 1 is 0.607 bits per heavy atom. The predicted molar refractivity (Wildman–Crippen MR) is 232 cm³/mol. The summed E-state index contributed by atoms with van der Waals surface area (Å²) < 4.78 is 11.0. The number of carbonyl (C=O) groups is 2. The summed E-state index contributed by atoms with van der Waals surface area (Å²) in [6, 6.07) is 43.4. The zero-order valence-electron chi connectivity index (χ0n) is 31.5. The first-order valence-electron chi connectivity index (χ1n) is 18.3. The predicted octanol–water partition coefficient (Wildman–Crippen LogP) is 14.0. The lowest BCUT2D eigenvalue weighted by Gasteiger charge is -2.26. The number of nitrogens with zero attached hydrogens (tertiary/aromatic N) is 1. The third-order valence-electron chi connectivity index (χ3n) is 9.17. The minimum absolute atomic E-state index is 0.170. The molecule has 7 heteroatoms. The van der Waals surface area contributed by atoms with Crippen LogP contribution in [-0.2, 0) is 9.47 Å². The molecule has 0 N–H and O–H groups in total. The zero-order chi connectivity index (χ0) is 39.6. The van der Waals surface area contributed by atoms with Crippen LogP contribution in [0.25, 0.3) is 39.0 Å². The Hall–Kier alpha value is -6.14. The summed E-state index contributed by atoms with van der Waals surface area (Å²) in [6.45, 7) is 9.66. The van der Waals surface area contributed by atoms with Crippen LogP contribution in [-0.4, -0.2) is 25.2 Å². The van der Waals surface area contributed by atoms with Crippen LogP contribution in [0.15, 0.2) is 164 Å². The van der Waals surface area contributed by atoms with Crippen LogP contribution in [0.5, 0.6) is 0 Å². The van der Waals surface area contributed by atoms with Gasteiger partial charge >= 0.3 is 11.9 Å². The number of hydrogen-bond acceptors (Lipinski definition) is 5. The molecule has 280 valence electrons. The van der Waals surface area contributed by atoms with Crippen LogP contribution in [0.3, 0.4) is 0 Å². The average molecular weight is 779 g/mol. The van der Waals surface area contributed by atoms with E-state index in [1.165, 1.54) is 0 Å². The largest absolute Gasteiger partial charge is 0.462 e. The first-order valence-corrected chi connectivity index (χ1v) is 19.1. The molecule has 5 nitrogen and oxygen atoms in total. The molecule has 0 atom stereocenters. The maximum Gasteiger partial charge on any atom is 0.338 e. The highest BCUT2D eigenvalue weighted by atomic mass is 35.5. The second-order valence-corrected chi connectivity index (χ2v) is 13.6. The van der Waals surface area contributed by atoms with Gasteiger partial charge in [-0.3, -0.25) is 0 Å². The standard InChI is InChI=1S/C49H41Cl2NO4/c1-5-9-13-33(6-2)35-16-22-41(23-17-35)52(42-24-18-36(19-25-42)34-14-11-10-12-15-34)43-26-20-37(21-27-43)44-31-47(49(54)56-8-4)45(32-46(44)48(53)55-7-3)38-28-39(50)30-40(51)29-38/h5-6,9-32H,1,7-8H2,2-4H3/b13-9-,33-6+. The van der Waals surface area contributed by atoms with Gasteiger partial charge in [0, 0.05) is 27.1 Å². The molecule has 56 heavy (non-hydrogen) atoms. The third-order valence-corrected chi connectivity index (χ3v) is 9.61. The average Bonchev–Trinajstić information content (AvgIpc) is 3.22. The number of hydrogen-bond donors (Lipinski definition) is 0. The van der Waals surface area contributed by atoms with Crippen LogP contribution in [0, 0.1) is 0 Å². The van der Waals surface area contributed by atoms with E-state index in [-0.39, 0.29) is 24.3 Å². The van der Waals surface area contributed by atoms with Gasteiger partial charge in [0.1, 0.15) is 0 Å². The van der Waals surface area contributed by atoms with E-state index in [0.29, 0.717) is 32.3 Å². The molecule has 0 spiro atoms. The number of halogens is 2. The first kappa shape index (κ1) is 39.6. The molecule has 0 saturated heterocycles. The quantitative estimate of drug-likeness (QED) is 0.0863. The number of allylic oxidation sites excluding steroid dienone is 5. The summed E-state index contributed by atoms with van der Waals surface area (Å²) >= 11 is 12.8. The number of esters is 2. The summed E-state index contributed by atoms with van der Waals surface area (Å²) in [5.74, 6) is -1.07. The van der Waals surface area contributed by atoms with Crippen LogP contribution in [0.2, 0.25) is 10.0 Å². The van der Waals surface area contributed by atoms with Gasteiger partial charge in [-0.25, -0.2) is 9.59 Å². The highest BCUT2D eigenvalue weighted by Gasteiger charge is 2.24. The number of rotatable bonds is 13. The molecule has 0 fully saturated rings. The van der Waals surface area contributed by atoms with E-state index < -0.39 is 11.9 Å². The van der Waals surface area contributed by atoms with Crippen molar-refractivity contribution in [2.24, 2.45) is 0 Å². The molecule has 0 amide bonds. The lowest BCUT2D eigenvalue weighted by molar-refractivity contribution is 0.0513. The fraction of sp³-hybridized carbons (Fsp3) is 0.102. The Morgan fingerprint density at radius 3 is 1.55 bits per heavy atom. The lowest BCUT2D eigenvalue weighted by Crippen LogP contribution is -2.12. The van der Waals surface area contributed by atoms with Crippen molar-refractivity contribution >= 4 is 57.8 Å². The number of benzene rings is 6. The van der Waals surface area contributed by atoms with Crippen molar-refractivity contribution < 1.29 is 19.1 Å². The first-order chi connectivity index (χ1) is 27.2. The van der Waals surface area contributed by atoms with Gasteiger partial charge in [0.15, 0.2) is 0 Å². The Labute approximate surface area is 338 Å². The summed E-state index contributed by atoms with van der Waals surface area (Å²) in [6.07, 6.45) is 7.80. The van der Waals surface area contributed by atoms with Crippen LogP contribution in [0.1, 0.15) is 47.1 Å². The lowest BCUT2D eigenvalue weighted by atomic mass is 9.90. The number of anilines is 3. The van der Waals surface area contributed by atoms with E-state index >= 15 is 0 Å². The molecular formula is C49H41Cl2NO4. The molecule has 0 saturated carbocycles. The molecule has 0 aliphatic carbocycles. The molecule has 6 aromatic carbocycles. The van der Waals surface area contributed by atoms with E-state index in [9.17, 15) is 9.59 Å². The smallest absolute Gasteiger partial charge is 0.338 e. The van der Waals surface area contributed by atoms with E-state index in [1.807, 2.05) is 61.5 Å². The van der Waals surface area contributed by atoms with E-state index in [0.717, 1.165) is 39.3 Å². The Balaban J connectivity index is 1.47. The highest BCUT2D eigenvalue weighted by Crippen LogP contribution is 2.40. The minimum atomic E-state index is -0.540. The maximum absolute atomic E-state index is 13.6. The molecule has 6 rings (SSSR count). The topological polar surface area (TPSA) is 55.8 Å². The molecular weight excluding hydrogens is 737 g/mol. The highest BCUT2D eigenvalue weighted by molar-refractivity contribution is 6.35. The van der Waals surface area contributed by atoms with Gasteiger partial charge in [0.25, 0.3) is 0 Å². The van der Waals surface area contributed by atoms with E-state index in [1.54, 1.807) is 50.3 Å². The zero-order valence-corrected chi connectivity index (χ0v) is 33.0. The van der Waals surface area contributed by atoms with Crippen molar-refractivity contribution in [3.8, 4) is 33.4 Å². The van der Waals surface area contributed by atoms with Crippen LogP contribution < -0.4 is 4.90 Å². The van der Waals surface area contributed by atoms with Crippen molar-refractivity contribution in [3.63, 3.8) is 0 Å². The molecule has 0 aromatic heterocycles. The van der Waals surface area contributed by atoms with Gasteiger partial charge in [-0.05, 0) is 132 Å². The van der Waals surface area contributed by atoms with Gasteiger partial charge in [-0.2, -0.15) is 0 Å². The SMILES string of the molecule is C=C/C=C\C(=C/C)c1ccc(N(c2ccc(-c3ccccc3)cc2)c2ccc(-c3cc(C(=O)OCC)c(-c4cc(Cl)cc(Cl)c4)cc3C(=O)OCC)cc2)cc1. The molecule has 6 aromatic rings. The van der Waals surface area contributed by atoms with Gasteiger partial charge in [0.2, 0.25) is 0 Å². The van der Waals surface area contributed by atoms with Crippen molar-refractivity contribution in [3.05, 3.63) is 191 Å². The Morgan fingerprint density at radius 2 is 1.07 bits per heavy atom. The Kier molecular flexibility index (Phi) is 13.0. The third kappa shape index (κ3) is 9.03. The van der Waals surface area contributed by atoms with Gasteiger partial charge in [0.05, 0.1) is 24.3 Å². The number of carbonyl (C=O) groups excluding carboxylic acids is 2. The maximum atomic E-state index is 13.6.